The number of hydrogen-bond acceptors (Lipinski definition) is 3. The van der Waals surface area contributed by atoms with E-state index in [4.69, 9.17) is 0 Å². The summed E-state index contributed by atoms with van der Waals surface area (Å²) in [5, 5.41) is 3.67. The first-order valence-electron chi connectivity index (χ1n) is 8.48. The fourth-order valence-electron chi connectivity index (χ4n) is 3.27. The van der Waals surface area contributed by atoms with Gasteiger partial charge in [-0.2, -0.15) is 0 Å². The summed E-state index contributed by atoms with van der Waals surface area (Å²) >= 11 is 0. The molecule has 21 heavy (non-hydrogen) atoms. The van der Waals surface area contributed by atoms with Crippen LogP contribution in [0, 0.1) is 6.92 Å². The molecular weight excluding hydrogens is 258 g/mol. The van der Waals surface area contributed by atoms with Crippen LogP contribution in [0.3, 0.4) is 0 Å². The third-order valence-electron chi connectivity index (χ3n) is 4.46. The van der Waals surface area contributed by atoms with Crippen molar-refractivity contribution in [1.29, 1.82) is 0 Å². The Morgan fingerprint density at radius 3 is 2.33 bits per heavy atom. The molecule has 1 atom stereocenters. The largest absolute Gasteiger partial charge is 0.309 e. The Hall–Kier alpha value is -0.900. The molecule has 0 radical (unpaired) electrons. The summed E-state index contributed by atoms with van der Waals surface area (Å²) in [6, 6.07) is 9.24. The first-order valence-corrected chi connectivity index (χ1v) is 8.48. The molecule has 0 aliphatic carbocycles. The van der Waals surface area contributed by atoms with Gasteiger partial charge in [-0.25, -0.2) is 0 Å². The normalized spacial score (nSPS) is 18.8. The molecular formula is C18H31N3. The zero-order valence-corrected chi connectivity index (χ0v) is 13.9. The van der Waals surface area contributed by atoms with Gasteiger partial charge in [0.1, 0.15) is 0 Å². The summed E-state index contributed by atoms with van der Waals surface area (Å²) in [5.74, 6) is 0. The van der Waals surface area contributed by atoms with Crippen LogP contribution in [0.1, 0.15) is 37.4 Å². The number of likely N-dealkylation sites (N-methyl/N-ethyl adjacent to an activating group) is 1. The SMILES string of the molecule is CCCN1CCN(CC(NCC)c2ccccc2C)CC1. The van der Waals surface area contributed by atoms with E-state index in [1.165, 1.54) is 50.3 Å². The molecule has 0 saturated carbocycles. The maximum absolute atomic E-state index is 3.67. The van der Waals surface area contributed by atoms with Crippen molar-refractivity contribution in [2.75, 3.05) is 45.8 Å². The second-order valence-electron chi connectivity index (χ2n) is 6.11. The van der Waals surface area contributed by atoms with Crippen LogP contribution in [-0.2, 0) is 0 Å². The molecule has 1 aliphatic rings. The van der Waals surface area contributed by atoms with Crippen LogP contribution in [0.4, 0.5) is 0 Å². The molecule has 2 rings (SSSR count). The fourth-order valence-corrected chi connectivity index (χ4v) is 3.27. The van der Waals surface area contributed by atoms with Gasteiger partial charge in [0.05, 0.1) is 0 Å². The fraction of sp³-hybridized carbons (Fsp3) is 0.667. The third kappa shape index (κ3) is 4.80. The molecule has 1 aliphatic heterocycles. The minimum atomic E-state index is 0.453. The Balaban J connectivity index is 1.93. The van der Waals surface area contributed by atoms with Crippen molar-refractivity contribution in [1.82, 2.24) is 15.1 Å². The molecule has 1 aromatic carbocycles. The molecule has 0 spiro atoms. The average molecular weight is 289 g/mol. The van der Waals surface area contributed by atoms with E-state index in [9.17, 15) is 0 Å². The van der Waals surface area contributed by atoms with Gasteiger partial charge >= 0.3 is 0 Å². The number of benzene rings is 1. The zero-order valence-electron chi connectivity index (χ0n) is 13.9. The summed E-state index contributed by atoms with van der Waals surface area (Å²) < 4.78 is 0. The van der Waals surface area contributed by atoms with Crippen LogP contribution >= 0.6 is 0 Å². The summed E-state index contributed by atoms with van der Waals surface area (Å²) in [7, 11) is 0. The van der Waals surface area contributed by atoms with E-state index in [0.717, 1.165) is 13.1 Å². The van der Waals surface area contributed by atoms with Crippen molar-refractivity contribution in [3.8, 4) is 0 Å². The molecule has 1 heterocycles. The Bertz CT molecular complexity index is 411. The van der Waals surface area contributed by atoms with Crippen LogP contribution in [0.2, 0.25) is 0 Å². The first-order chi connectivity index (χ1) is 10.2. The van der Waals surface area contributed by atoms with Gasteiger partial charge < -0.3 is 10.2 Å². The summed E-state index contributed by atoms with van der Waals surface area (Å²) in [6.45, 7) is 14.9. The molecule has 0 amide bonds. The van der Waals surface area contributed by atoms with Gasteiger partial charge in [0.25, 0.3) is 0 Å². The van der Waals surface area contributed by atoms with E-state index in [1.54, 1.807) is 0 Å². The lowest BCUT2D eigenvalue weighted by Crippen LogP contribution is -2.48. The van der Waals surface area contributed by atoms with Gasteiger partial charge in [-0.05, 0) is 37.6 Å². The molecule has 3 heteroatoms. The second-order valence-corrected chi connectivity index (χ2v) is 6.11. The van der Waals surface area contributed by atoms with Crippen molar-refractivity contribution in [3.05, 3.63) is 35.4 Å². The maximum Gasteiger partial charge on any atom is 0.0451 e. The molecule has 1 N–H and O–H groups in total. The second kappa shape index (κ2) is 8.52. The first kappa shape index (κ1) is 16.5. The van der Waals surface area contributed by atoms with Gasteiger partial charge in [-0.1, -0.05) is 38.1 Å². The van der Waals surface area contributed by atoms with Crippen LogP contribution in [0.25, 0.3) is 0 Å². The molecule has 1 aromatic rings. The average Bonchev–Trinajstić information content (AvgIpc) is 2.50. The highest BCUT2D eigenvalue weighted by Crippen LogP contribution is 2.19. The van der Waals surface area contributed by atoms with Gasteiger partial charge in [-0.15, -0.1) is 0 Å². The lowest BCUT2D eigenvalue weighted by molar-refractivity contribution is 0.123. The molecule has 0 aromatic heterocycles. The van der Waals surface area contributed by atoms with E-state index in [-0.39, 0.29) is 0 Å². The van der Waals surface area contributed by atoms with Gasteiger partial charge in [-0.3, -0.25) is 4.90 Å². The number of rotatable bonds is 7. The molecule has 1 unspecified atom stereocenters. The molecule has 1 saturated heterocycles. The monoisotopic (exact) mass is 289 g/mol. The van der Waals surface area contributed by atoms with Crippen LogP contribution in [0.5, 0.6) is 0 Å². The summed E-state index contributed by atoms with van der Waals surface area (Å²) in [4.78, 5) is 5.21. The summed E-state index contributed by atoms with van der Waals surface area (Å²) in [5.41, 5.74) is 2.85. The third-order valence-corrected chi connectivity index (χ3v) is 4.46. The van der Waals surface area contributed by atoms with Crippen molar-refractivity contribution in [2.45, 2.75) is 33.2 Å². The smallest absolute Gasteiger partial charge is 0.0451 e. The van der Waals surface area contributed by atoms with Crippen LogP contribution in [0.15, 0.2) is 24.3 Å². The van der Waals surface area contributed by atoms with Crippen molar-refractivity contribution in [2.24, 2.45) is 0 Å². The van der Waals surface area contributed by atoms with E-state index in [0.29, 0.717) is 6.04 Å². The quantitative estimate of drug-likeness (QED) is 0.832. The van der Waals surface area contributed by atoms with E-state index >= 15 is 0 Å². The Labute approximate surface area is 130 Å². The van der Waals surface area contributed by atoms with Crippen molar-refractivity contribution < 1.29 is 0 Å². The van der Waals surface area contributed by atoms with Crippen LogP contribution < -0.4 is 5.32 Å². The van der Waals surface area contributed by atoms with E-state index in [2.05, 4.69) is 60.2 Å². The molecule has 1 fully saturated rings. The predicted molar refractivity (Wildman–Crippen MR) is 90.8 cm³/mol. The Morgan fingerprint density at radius 1 is 1.05 bits per heavy atom. The number of hydrogen-bond donors (Lipinski definition) is 1. The lowest BCUT2D eigenvalue weighted by atomic mass is 10.0. The molecule has 118 valence electrons. The highest BCUT2D eigenvalue weighted by Gasteiger charge is 2.20. The molecule has 0 bridgehead atoms. The van der Waals surface area contributed by atoms with E-state index in [1.807, 2.05) is 0 Å². The van der Waals surface area contributed by atoms with Gasteiger partial charge in [0, 0.05) is 38.8 Å². The number of aryl methyl sites for hydroxylation is 1. The van der Waals surface area contributed by atoms with Gasteiger partial charge in [0.2, 0.25) is 0 Å². The standard InChI is InChI=1S/C18H31N3/c1-4-10-20-11-13-21(14-12-20)15-18(19-5-2)17-9-7-6-8-16(17)3/h6-9,18-19H,4-5,10-15H2,1-3H3. The zero-order chi connectivity index (χ0) is 15.1. The number of nitrogens with one attached hydrogen (secondary N) is 1. The number of nitrogens with zero attached hydrogens (tertiary/aromatic N) is 2. The van der Waals surface area contributed by atoms with Crippen molar-refractivity contribution in [3.63, 3.8) is 0 Å². The Kier molecular flexibility index (Phi) is 6.68. The van der Waals surface area contributed by atoms with E-state index < -0.39 is 0 Å². The highest BCUT2D eigenvalue weighted by atomic mass is 15.3. The maximum atomic E-state index is 3.67. The topological polar surface area (TPSA) is 18.5 Å². The highest BCUT2D eigenvalue weighted by molar-refractivity contribution is 5.29. The van der Waals surface area contributed by atoms with Gasteiger partial charge in [0.15, 0.2) is 0 Å². The minimum absolute atomic E-state index is 0.453. The minimum Gasteiger partial charge on any atom is -0.309 e. The molecule has 3 nitrogen and oxygen atoms in total. The van der Waals surface area contributed by atoms with Crippen molar-refractivity contribution >= 4 is 0 Å². The van der Waals surface area contributed by atoms with Crippen LogP contribution in [-0.4, -0.2) is 55.6 Å². The summed E-state index contributed by atoms with van der Waals surface area (Å²) in [6.07, 6.45) is 1.27. The Morgan fingerprint density at radius 2 is 1.71 bits per heavy atom. The predicted octanol–water partition coefficient (Wildman–Crippen LogP) is 2.67. The number of piperazine rings is 1. The lowest BCUT2D eigenvalue weighted by Gasteiger charge is -2.36.